The van der Waals surface area contributed by atoms with Gasteiger partial charge in [0.05, 0.1) is 16.1 Å². The topological polar surface area (TPSA) is 90.9 Å². The SMILES string of the molecule is Cc1ccc(S(=O)(=O)n2cc(-c3cc(CC4CCCCC4)nc(N)n3)c3ccccc32)cc1. The van der Waals surface area contributed by atoms with Gasteiger partial charge in [0, 0.05) is 22.8 Å². The van der Waals surface area contributed by atoms with E-state index in [1.807, 2.05) is 49.4 Å². The Morgan fingerprint density at radius 2 is 1.73 bits per heavy atom. The molecule has 1 aliphatic carbocycles. The van der Waals surface area contributed by atoms with Crippen LogP contribution in [0.2, 0.25) is 0 Å². The van der Waals surface area contributed by atoms with Crippen molar-refractivity contribution in [3.8, 4) is 11.3 Å². The summed E-state index contributed by atoms with van der Waals surface area (Å²) in [7, 11) is -3.77. The van der Waals surface area contributed by atoms with E-state index in [-0.39, 0.29) is 10.8 Å². The number of hydrogen-bond acceptors (Lipinski definition) is 5. The van der Waals surface area contributed by atoms with E-state index in [1.165, 1.54) is 36.1 Å². The fraction of sp³-hybridized carbons (Fsp3) is 0.308. The summed E-state index contributed by atoms with van der Waals surface area (Å²) in [6.45, 7) is 1.93. The highest BCUT2D eigenvalue weighted by Crippen LogP contribution is 2.34. The number of nitrogens with zero attached hydrogens (tertiary/aromatic N) is 3. The van der Waals surface area contributed by atoms with E-state index in [0.29, 0.717) is 17.1 Å². The molecule has 2 aromatic carbocycles. The summed E-state index contributed by atoms with van der Waals surface area (Å²) in [5.74, 6) is 0.834. The van der Waals surface area contributed by atoms with Crippen molar-refractivity contribution in [2.75, 3.05) is 5.73 Å². The number of aromatic nitrogens is 3. The third-order valence-electron chi connectivity index (χ3n) is 6.55. The van der Waals surface area contributed by atoms with Crippen molar-refractivity contribution >= 4 is 26.9 Å². The summed E-state index contributed by atoms with van der Waals surface area (Å²) in [6.07, 6.45) is 8.81. The van der Waals surface area contributed by atoms with Gasteiger partial charge in [0.15, 0.2) is 0 Å². The van der Waals surface area contributed by atoms with E-state index < -0.39 is 10.0 Å². The third-order valence-corrected chi connectivity index (χ3v) is 8.24. The normalized spacial score (nSPS) is 15.2. The van der Waals surface area contributed by atoms with Crippen molar-refractivity contribution in [1.82, 2.24) is 13.9 Å². The van der Waals surface area contributed by atoms with Crippen LogP contribution < -0.4 is 5.73 Å². The average Bonchev–Trinajstić information content (AvgIpc) is 3.20. The molecule has 0 atom stereocenters. The molecule has 170 valence electrons. The van der Waals surface area contributed by atoms with Crippen LogP contribution in [-0.2, 0) is 16.4 Å². The molecular weight excluding hydrogens is 432 g/mol. The van der Waals surface area contributed by atoms with Crippen LogP contribution in [0.25, 0.3) is 22.2 Å². The first-order valence-corrected chi connectivity index (χ1v) is 12.9. The summed E-state index contributed by atoms with van der Waals surface area (Å²) < 4.78 is 28.4. The van der Waals surface area contributed by atoms with Crippen molar-refractivity contribution in [3.05, 3.63) is 72.1 Å². The molecule has 2 N–H and O–H groups in total. The van der Waals surface area contributed by atoms with Gasteiger partial charge in [-0.1, -0.05) is 68.0 Å². The second kappa shape index (κ2) is 8.63. The van der Waals surface area contributed by atoms with E-state index in [1.54, 1.807) is 18.3 Å². The van der Waals surface area contributed by atoms with Crippen LogP contribution in [0.15, 0.2) is 65.7 Å². The van der Waals surface area contributed by atoms with Gasteiger partial charge in [-0.25, -0.2) is 22.4 Å². The summed E-state index contributed by atoms with van der Waals surface area (Å²) in [6, 6.07) is 16.4. The molecule has 0 aliphatic heterocycles. The number of benzene rings is 2. The molecule has 6 nitrogen and oxygen atoms in total. The molecule has 0 spiro atoms. The number of fused-ring (bicyclic) bond motifs is 1. The highest BCUT2D eigenvalue weighted by Gasteiger charge is 2.23. The third kappa shape index (κ3) is 4.25. The Balaban J connectivity index is 1.61. The first-order valence-electron chi connectivity index (χ1n) is 11.5. The molecule has 0 bridgehead atoms. The molecular formula is C26H28N4O2S. The van der Waals surface area contributed by atoms with Crippen LogP contribution in [-0.4, -0.2) is 22.4 Å². The maximum absolute atomic E-state index is 13.5. The zero-order valence-electron chi connectivity index (χ0n) is 18.7. The minimum Gasteiger partial charge on any atom is -0.368 e. The molecule has 2 aromatic heterocycles. The number of para-hydroxylation sites is 1. The average molecular weight is 461 g/mol. The van der Waals surface area contributed by atoms with Gasteiger partial charge >= 0.3 is 0 Å². The van der Waals surface area contributed by atoms with Crippen molar-refractivity contribution < 1.29 is 8.42 Å². The van der Waals surface area contributed by atoms with Crippen molar-refractivity contribution in [2.24, 2.45) is 5.92 Å². The van der Waals surface area contributed by atoms with Gasteiger partial charge in [0.2, 0.25) is 5.95 Å². The van der Waals surface area contributed by atoms with Crippen LogP contribution in [0.5, 0.6) is 0 Å². The Labute approximate surface area is 194 Å². The summed E-state index contributed by atoms with van der Waals surface area (Å²) in [5, 5.41) is 0.815. The standard InChI is InChI=1S/C26H28N4O2S/c1-18-11-13-21(14-12-18)33(31,32)30-17-23(22-9-5-6-10-25(22)30)24-16-20(28-26(27)29-24)15-19-7-3-2-4-8-19/h5-6,9-14,16-17,19H,2-4,7-8,15H2,1H3,(H2,27,28,29). The molecule has 4 aromatic rings. The van der Waals surface area contributed by atoms with E-state index in [9.17, 15) is 8.42 Å². The quantitative estimate of drug-likeness (QED) is 0.434. The molecule has 1 aliphatic rings. The summed E-state index contributed by atoms with van der Waals surface area (Å²) in [4.78, 5) is 9.22. The Hall–Kier alpha value is -3.19. The smallest absolute Gasteiger partial charge is 0.268 e. The Morgan fingerprint density at radius 1 is 1.00 bits per heavy atom. The number of rotatable bonds is 5. The van der Waals surface area contributed by atoms with Crippen LogP contribution in [0.3, 0.4) is 0 Å². The molecule has 7 heteroatoms. The highest BCUT2D eigenvalue weighted by molar-refractivity contribution is 7.90. The van der Waals surface area contributed by atoms with E-state index >= 15 is 0 Å². The van der Waals surface area contributed by atoms with Gasteiger partial charge in [0.1, 0.15) is 0 Å². The fourth-order valence-electron chi connectivity index (χ4n) is 4.82. The predicted molar refractivity (Wildman–Crippen MR) is 131 cm³/mol. The highest BCUT2D eigenvalue weighted by atomic mass is 32.2. The first kappa shape index (κ1) is 21.6. The van der Waals surface area contributed by atoms with E-state index in [4.69, 9.17) is 5.73 Å². The van der Waals surface area contributed by atoms with Crippen LogP contribution >= 0.6 is 0 Å². The maximum Gasteiger partial charge on any atom is 0.268 e. The van der Waals surface area contributed by atoms with Gasteiger partial charge in [-0.15, -0.1) is 0 Å². The lowest BCUT2D eigenvalue weighted by Crippen LogP contribution is -2.12. The number of hydrogen-bond donors (Lipinski definition) is 1. The summed E-state index contributed by atoms with van der Waals surface area (Å²) in [5.41, 5.74) is 10.0. The van der Waals surface area contributed by atoms with Crippen molar-refractivity contribution in [3.63, 3.8) is 0 Å². The number of nitrogen functional groups attached to an aromatic ring is 1. The maximum atomic E-state index is 13.5. The Morgan fingerprint density at radius 3 is 2.48 bits per heavy atom. The molecule has 0 amide bonds. The number of aryl methyl sites for hydroxylation is 1. The van der Waals surface area contributed by atoms with Crippen molar-refractivity contribution in [2.45, 2.75) is 50.3 Å². The second-order valence-electron chi connectivity index (χ2n) is 8.98. The molecule has 2 heterocycles. The molecule has 0 radical (unpaired) electrons. The van der Waals surface area contributed by atoms with Gasteiger partial charge < -0.3 is 5.73 Å². The second-order valence-corrected chi connectivity index (χ2v) is 10.8. The lowest BCUT2D eigenvalue weighted by molar-refractivity contribution is 0.354. The minimum atomic E-state index is -3.77. The molecule has 5 rings (SSSR count). The number of anilines is 1. The van der Waals surface area contributed by atoms with Crippen LogP contribution in [0.1, 0.15) is 43.4 Å². The predicted octanol–water partition coefficient (Wildman–Crippen LogP) is 5.35. The molecule has 1 saturated carbocycles. The molecule has 1 fully saturated rings. The van der Waals surface area contributed by atoms with Crippen molar-refractivity contribution in [1.29, 1.82) is 0 Å². The minimum absolute atomic E-state index is 0.219. The Kier molecular flexibility index (Phi) is 5.66. The van der Waals surface area contributed by atoms with E-state index in [2.05, 4.69) is 9.97 Å². The molecule has 0 unspecified atom stereocenters. The van der Waals surface area contributed by atoms with Gasteiger partial charge in [0.25, 0.3) is 10.0 Å². The lowest BCUT2D eigenvalue weighted by Gasteiger charge is -2.21. The number of nitrogens with two attached hydrogens (primary N) is 1. The zero-order chi connectivity index (χ0) is 23.0. The molecule has 33 heavy (non-hydrogen) atoms. The zero-order valence-corrected chi connectivity index (χ0v) is 19.6. The Bertz CT molecular complexity index is 1400. The van der Waals surface area contributed by atoms with Gasteiger partial charge in [-0.05, 0) is 43.5 Å². The molecule has 0 saturated heterocycles. The van der Waals surface area contributed by atoms with E-state index in [0.717, 1.165) is 28.6 Å². The van der Waals surface area contributed by atoms with Crippen LogP contribution in [0, 0.1) is 12.8 Å². The van der Waals surface area contributed by atoms with Gasteiger partial charge in [-0.2, -0.15) is 0 Å². The van der Waals surface area contributed by atoms with Gasteiger partial charge in [-0.3, -0.25) is 0 Å². The van der Waals surface area contributed by atoms with Crippen LogP contribution in [0.4, 0.5) is 5.95 Å². The monoisotopic (exact) mass is 460 g/mol. The lowest BCUT2D eigenvalue weighted by atomic mass is 9.86. The first-order chi connectivity index (χ1) is 15.9. The fourth-order valence-corrected chi connectivity index (χ4v) is 6.19. The largest absolute Gasteiger partial charge is 0.368 e. The summed E-state index contributed by atoms with van der Waals surface area (Å²) >= 11 is 0.